The Bertz CT molecular complexity index is 447. The lowest BCUT2D eigenvalue weighted by Crippen LogP contribution is -2.27. The number of benzene rings is 1. The van der Waals surface area contributed by atoms with E-state index in [4.69, 9.17) is 21.1 Å². The summed E-state index contributed by atoms with van der Waals surface area (Å²) in [5.74, 6) is 0.470. The van der Waals surface area contributed by atoms with Gasteiger partial charge in [-0.25, -0.2) is 4.39 Å². The summed E-state index contributed by atoms with van der Waals surface area (Å²) in [4.78, 5) is 0. The number of hydrogen-bond donors (Lipinski definition) is 1. The molecular formula is C12H13ClFNO2. The third-order valence-corrected chi connectivity index (χ3v) is 3.60. The minimum atomic E-state index is -0.393. The van der Waals surface area contributed by atoms with E-state index >= 15 is 0 Å². The van der Waals surface area contributed by atoms with Gasteiger partial charge in [-0.2, -0.15) is 0 Å². The number of nitrogens with one attached hydrogen (secondary N) is 1. The van der Waals surface area contributed by atoms with Crippen LogP contribution in [0.5, 0.6) is 11.5 Å². The van der Waals surface area contributed by atoms with E-state index in [9.17, 15) is 4.39 Å². The Morgan fingerprint density at radius 2 is 2.24 bits per heavy atom. The molecule has 1 aromatic carbocycles. The summed E-state index contributed by atoms with van der Waals surface area (Å²) in [6.07, 6.45) is 3.16. The van der Waals surface area contributed by atoms with Crippen LogP contribution in [0.1, 0.15) is 30.9 Å². The van der Waals surface area contributed by atoms with Crippen molar-refractivity contribution in [1.82, 2.24) is 5.32 Å². The van der Waals surface area contributed by atoms with Crippen molar-refractivity contribution in [2.45, 2.75) is 25.3 Å². The van der Waals surface area contributed by atoms with E-state index in [0.717, 1.165) is 25.8 Å². The normalized spacial score (nSPS) is 22.8. The third-order valence-electron chi connectivity index (χ3n) is 3.26. The molecule has 0 radical (unpaired) electrons. The number of fused-ring (bicyclic) bond motifs is 1. The molecule has 5 heteroatoms. The molecule has 2 aliphatic rings. The van der Waals surface area contributed by atoms with Gasteiger partial charge in [-0.15, -0.1) is 0 Å². The molecule has 1 aromatic rings. The molecular weight excluding hydrogens is 245 g/mol. The molecule has 1 N–H and O–H groups in total. The van der Waals surface area contributed by atoms with Gasteiger partial charge in [-0.05, 0) is 25.5 Å². The summed E-state index contributed by atoms with van der Waals surface area (Å²) in [6.45, 7) is 1.02. The van der Waals surface area contributed by atoms with Crippen molar-refractivity contribution >= 4 is 11.6 Å². The van der Waals surface area contributed by atoms with Crippen LogP contribution in [-0.4, -0.2) is 13.3 Å². The molecule has 2 aliphatic heterocycles. The molecule has 3 rings (SSSR count). The highest BCUT2D eigenvalue weighted by Gasteiger charge is 2.27. The van der Waals surface area contributed by atoms with Crippen LogP contribution in [0, 0.1) is 5.82 Å². The van der Waals surface area contributed by atoms with Crippen molar-refractivity contribution in [3.63, 3.8) is 0 Å². The zero-order valence-corrected chi connectivity index (χ0v) is 10.0. The highest BCUT2D eigenvalue weighted by atomic mass is 35.5. The zero-order chi connectivity index (χ0) is 11.8. The molecule has 1 atom stereocenters. The Morgan fingerprint density at radius 3 is 3.00 bits per heavy atom. The highest BCUT2D eigenvalue weighted by Crippen LogP contribution is 2.44. The number of hydrogen-bond acceptors (Lipinski definition) is 3. The van der Waals surface area contributed by atoms with E-state index in [1.165, 1.54) is 0 Å². The summed E-state index contributed by atoms with van der Waals surface area (Å²) >= 11 is 5.96. The summed E-state index contributed by atoms with van der Waals surface area (Å²) in [5, 5.41) is 3.33. The van der Waals surface area contributed by atoms with Gasteiger partial charge in [0, 0.05) is 11.6 Å². The number of ether oxygens (including phenoxy) is 2. The van der Waals surface area contributed by atoms with Crippen LogP contribution in [0.15, 0.2) is 6.07 Å². The lowest BCUT2D eigenvalue weighted by atomic mass is 9.96. The summed E-state index contributed by atoms with van der Waals surface area (Å²) in [5.41, 5.74) is 0.582. The smallest absolute Gasteiger partial charge is 0.231 e. The molecule has 0 spiro atoms. The Kier molecular flexibility index (Phi) is 2.84. The first-order chi connectivity index (χ1) is 8.27. The summed E-state index contributed by atoms with van der Waals surface area (Å²) in [6, 6.07) is 1.72. The topological polar surface area (TPSA) is 30.5 Å². The SMILES string of the molecule is Fc1c(C2CCCCN2)cc2c(c1Cl)OCO2. The predicted octanol–water partition coefficient (Wildman–Crippen LogP) is 3.02. The number of halogens is 2. The Morgan fingerprint density at radius 1 is 1.35 bits per heavy atom. The molecule has 92 valence electrons. The average Bonchev–Trinajstić information content (AvgIpc) is 2.83. The van der Waals surface area contributed by atoms with Gasteiger partial charge in [-0.1, -0.05) is 18.0 Å². The first-order valence-electron chi connectivity index (χ1n) is 5.78. The van der Waals surface area contributed by atoms with E-state index in [1.54, 1.807) is 6.07 Å². The van der Waals surface area contributed by atoms with Gasteiger partial charge in [-0.3, -0.25) is 0 Å². The van der Waals surface area contributed by atoms with Crippen LogP contribution in [0.4, 0.5) is 4.39 Å². The van der Waals surface area contributed by atoms with Gasteiger partial charge < -0.3 is 14.8 Å². The van der Waals surface area contributed by atoms with Gasteiger partial charge in [0.15, 0.2) is 17.3 Å². The largest absolute Gasteiger partial charge is 0.454 e. The Balaban J connectivity index is 2.01. The molecule has 2 heterocycles. The van der Waals surface area contributed by atoms with Crippen molar-refractivity contribution < 1.29 is 13.9 Å². The van der Waals surface area contributed by atoms with Gasteiger partial charge in [0.1, 0.15) is 5.02 Å². The molecule has 1 fully saturated rings. The molecule has 0 aromatic heterocycles. The van der Waals surface area contributed by atoms with E-state index < -0.39 is 5.82 Å². The van der Waals surface area contributed by atoms with Crippen LogP contribution in [-0.2, 0) is 0 Å². The lowest BCUT2D eigenvalue weighted by molar-refractivity contribution is 0.174. The van der Waals surface area contributed by atoms with E-state index in [2.05, 4.69) is 5.32 Å². The second-order valence-corrected chi connectivity index (χ2v) is 4.71. The molecule has 3 nitrogen and oxygen atoms in total. The van der Waals surface area contributed by atoms with E-state index in [-0.39, 0.29) is 17.9 Å². The maximum Gasteiger partial charge on any atom is 0.231 e. The fraction of sp³-hybridized carbons (Fsp3) is 0.500. The standard InChI is InChI=1S/C12H13ClFNO2/c13-10-11(14)7(8-3-1-2-4-15-8)5-9-12(10)17-6-16-9/h5,8,15H,1-4,6H2. The van der Waals surface area contributed by atoms with E-state index in [1.807, 2.05) is 0 Å². The first kappa shape index (κ1) is 11.1. The highest BCUT2D eigenvalue weighted by molar-refractivity contribution is 6.32. The molecule has 0 aliphatic carbocycles. The fourth-order valence-corrected chi connectivity index (χ4v) is 2.63. The van der Waals surface area contributed by atoms with Crippen LogP contribution >= 0.6 is 11.6 Å². The summed E-state index contributed by atoms with van der Waals surface area (Å²) < 4.78 is 24.5. The molecule has 0 amide bonds. The maximum atomic E-state index is 14.1. The molecule has 1 saturated heterocycles. The number of piperidine rings is 1. The maximum absolute atomic E-state index is 14.1. The quantitative estimate of drug-likeness (QED) is 0.839. The monoisotopic (exact) mass is 257 g/mol. The van der Waals surface area contributed by atoms with Crippen molar-refractivity contribution in [1.29, 1.82) is 0 Å². The Labute approximate surface area is 104 Å². The lowest BCUT2D eigenvalue weighted by Gasteiger charge is -2.24. The van der Waals surface area contributed by atoms with Gasteiger partial charge in [0.05, 0.1) is 0 Å². The van der Waals surface area contributed by atoms with Crippen molar-refractivity contribution in [3.05, 3.63) is 22.5 Å². The minimum absolute atomic E-state index is 0.0238. The molecule has 0 saturated carbocycles. The fourth-order valence-electron chi connectivity index (χ4n) is 2.37. The first-order valence-corrected chi connectivity index (χ1v) is 6.16. The second-order valence-electron chi connectivity index (χ2n) is 4.33. The van der Waals surface area contributed by atoms with Crippen LogP contribution in [0.3, 0.4) is 0 Å². The predicted molar refractivity (Wildman–Crippen MR) is 62.1 cm³/mol. The average molecular weight is 258 g/mol. The van der Waals surface area contributed by atoms with Gasteiger partial charge >= 0.3 is 0 Å². The minimum Gasteiger partial charge on any atom is -0.454 e. The third kappa shape index (κ3) is 1.85. The molecule has 17 heavy (non-hydrogen) atoms. The van der Waals surface area contributed by atoms with Crippen LogP contribution in [0.25, 0.3) is 0 Å². The van der Waals surface area contributed by atoms with E-state index in [0.29, 0.717) is 17.1 Å². The van der Waals surface area contributed by atoms with Crippen LogP contribution in [0.2, 0.25) is 5.02 Å². The zero-order valence-electron chi connectivity index (χ0n) is 9.26. The second kappa shape index (κ2) is 4.35. The van der Waals surface area contributed by atoms with Crippen molar-refractivity contribution in [2.75, 3.05) is 13.3 Å². The number of rotatable bonds is 1. The molecule has 1 unspecified atom stereocenters. The summed E-state index contributed by atoms with van der Waals surface area (Å²) in [7, 11) is 0. The van der Waals surface area contributed by atoms with Crippen molar-refractivity contribution in [2.24, 2.45) is 0 Å². The molecule has 0 bridgehead atoms. The van der Waals surface area contributed by atoms with Gasteiger partial charge in [0.25, 0.3) is 0 Å². The van der Waals surface area contributed by atoms with Gasteiger partial charge in [0.2, 0.25) is 6.79 Å². The van der Waals surface area contributed by atoms with Crippen LogP contribution < -0.4 is 14.8 Å². The van der Waals surface area contributed by atoms with Crippen molar-refractivity contribution in [3.8, 4) is 11.5 Å². The Hall–Kier alpha value is -1.00.